The summed E-state index contributed by atoms with van der Waals surface area (Å²) in [7, 11) is 1.41. The lowest BCUT2D eigenvalue weighted by atomic mass is 9.45. The summed E-state index contributed by atoms with van der Waals surface area (Å²) in [5.41, 5.74) is -4.90. The van der Waals surface area contributed by atoms with Crippen LogP contribution in [-0.2, 0) is 14.3 Å². The maximum Gasteiger partial charge on any atom is 0.190 e. The number of rotatable bonds is 3. The summed E-state index contributed by atoms with van der Waals surface area (Å²) in [4.78, 5) is 24.8. The number of allylic oxidation sites excluding steroid dienone is 4. The number of Topliss-reactive ketones (excluding diaryl/α,β-unsaturated/α-hetero) is 1. The molecule has 0 saturated heterocycles. The zero-order valence-electron chi connectivity index (χ0n) is 17.6. The number of alkyl halides is 1. The highest BCUT2D eigenvalue weighted by Crippen LogP contribution is 2.70. The Morgan fingerprint density at radius 1 is 1.34 bits per heavy atom. The van der Waals surface area contributed by atoms with Gasteiger partial charge in [0.2, 0.25) is 0 Å². The van der Waals surface area contributed by atoms with Gasteiger partial charge in [0.15, 0.2) is 17.2 Å². The Balaban J connectivity index is 1.82. The molecule has 0 aromatic heterocycles. The minimum absolute atomic E-state index is 0.00832. The largest absolute Gasteiger partial charge is 0.390 e. The molecule has 2 fully saturated rings. The second-order valence-electron chi connectivity index (χ2n) is 10.0. The van der Waals surface area contributed by atoms with Crippen molar-refractivity contribution < 1.29 is 28.9 Å². The van der Waals surface area contributed by atoms with Crippen molar-refractivity contribution in [2.75, 3.05) is 13.7 Å². The molecule has 0 spiro atoms. The summed E-state index contributed by atoms with van der Waals surface area (Å²) in [6.45, 7) is 5.20. The number of aliphatic hydroxyl groups is 2. The highest BCUT2D eigenvalue weighted by molar-refractivity contribution is 5.93. The molecule has 0 radical (unpaired) electrons. The Kier molecular flexibility index (Phi) is 4.55. The first kappa shape index (κ1) is 20.9. The van der Waals surface area contributed by atoms with Crippen molar-refractivity contribution in [3.05, 3.63) is 23.8 Å². The van der Waals surface area contributed by atoms with Crippen molar-refractivity contribution in [3.63, 3.8) is 0 Å². The van der Waals surface area contributed by atoms with E-state index in [4.69, 9.17) is 4.74 Å². The van der Waals surface area contributed by atoms with Gasteiger partial charge in [0.25, 0.3) is 0 Å². The molecular formula is C23H31FO5. The van der Waals surface area contributed by atoms with Crippen LogP contribution in [0.3, 0.4) is 0 Å². The van der Waals surface area contributed by atoms with Gasteiger partial charge in [-0.25, -0.2) is 4.39 Å². The quantitative estimate of drug-likeness (QED) is 0.704. The van der Waals surface area contributed by atoms with Gasteiger partial charge in [-0.2, -0.15) is 0 Å². The van der Waals surface area contributed by atoms with E-state index >= 15 is 4.39 Å². The Hall–Kier alpha value is -1.37. The van der Waals surface area contributed by atoms with E-state index in [2.05, 4.69) is 0 Å². The zero-order chi connectivity index (χ0) is 21.4. The summed E-state index contributed by atoms with van der Waals surface area (Å²) < 4.78 is 22.0. The van der Waals surface area contributed by atoms with Gasteiger partial charge in [-0.1, -0.05) is 31.6 Å². The van der Waals surface area contributed by atoms with E-state index in [1.54, 1.807) is 13.0 Å². The van der Waals surface area contributed by atoms with Gasteiger partial charge < -0.3 is 14.9 Å². The highest BCUT2D eigenvalue weighted by atomic mass is 19.1. The Labute approximate surface area is 171 Å². The van der Waals surface area contributed by atoms with Crippen molar-refractivity contribution in [2.45, 2.75) is 63.8 Å². The van der Waals surface area contributed by atoms with Crippen molar-refractivity contribution in [1.82, 2.24) is 0 Å². The molecule has 4 rings (SSSR count). The number of aliphatic hydroxyl groups excluding tert-OH is 1. The highest BCUT2D eigenvalue weighted by Gasteiger charge is 2.75. The van der Waals surface area contributed by atoms with E-state index in [1.165, 1.54) is 13.2 Å². The summed E-state index contributed by atoms with van der Waals surface area (Å²) in [6.07, 6.45) is 4.70. The maximum atomic E-state index is 16.9. The van der Waals surface area contributed by atoms with E-state index in [-0.39, 0.29) is 37.1 Å². The number of ketones is 2. The molecule has 160 valence electrons. The number of hydrogen-bond donors (Lipinski definition) is 2. The number of halogens is 1. The van der Waals surface area contributed by atoms with Crippen LogP contribution in [0, 0.1) is 28.6 Å². The van der Waals surface area contributed by atoms with Crippen LogP contribution in [0.15, 0.2) is 23.8 Å². The molecule has 2 saturated carbocycles. The van der Waals surface area contributed by atoms with Gasteiger partial charge in [0, 0.05) is 30.3 Å². The van der Waals surface area contributed by atoms with Crippen molar-refractivity contribution in [2.24, 2.45) is 28.6 Å². The van der Waals surface area contributed by atoms with Crippen LogP contribution in [0.4, 0.5) is 4.39 Å². The molecule has 6 unspecified atom stereocenters. The van der Waals surface area contributed by atoms with Crippen LogP contribution in [0.2, 0.25) is 0 Å². The van der Waals surface area contributed by atoms with E-state index in [0.29, 0.717) is 12.8 Å². The summed E-state index contributed by atoms with van der Waals surface area (Å²) in [5.74, 6) is -1.64. The predicted octanol–water partition coefficient (Wildman–Crippen LogP) is 2.55. The molecule has 0 bridgehead atoms. The minimum Gasteiger partial charge on any atom is -0.390 e. The summed E-state index contributed by atoms with van der Waals surface area (Å²) in [5, 5.41) is 22.8. The SMILES string of the molecule is COCC(=O)[C@@]1(O)[C@H](C)CC2C3CC=C4CC(=O)C=CC4(C)C3(F)C(O)CC21C. The number of hydrogen-bond acceptors (Lipinski definition) is 5. The van der Waals surface area contributed by atoms with Crippen LogP contribution >= 0.6 is 0 Å². The fourth-order valence-corrected chi connectivity index (χ4v) is 7.29. The van der Waals surface area contributed by atoms with Crippen LogP contribution in [0.25, 0.3) is 0 Å². The Morgan fingerprint density at radius 2 is 2.03 bits per heavy atom. The van der Waals surface area contributed by atoms with Crippen LogP contribution in [0.5, 0.6) is 0 Å². The third-order valence-corrected chi connectivity index (χ3v) is 8.89. The normalized spacial score (nSPS) is 51.1. The molecule has 8 atom stereocenters. The summed E-state index contributed by atoms with van der Waals surface area (Å²) >= 11 is 0. The average Bonchev–Trinajstić information content (AvgIpc) is 2.85. The smallest absolute Gasteiger partial charge is 0.190 e. The fourth-order valence-electron chi connectivity index (χ4n) is 7.29. The van der Waals surface area contributed by atoms with Crippen LogP contribution < -0.4 is 0 Å². The van der Waals surface area contributed by atoms with Crippen LogP contribution in [-0.4, -0.2) is 52.9 Å². The second-order valence-corrected chi connectivity index (χ2v) is 10.0. The van der Waals surface area contributed by atoms with Gasteiger partial charge in [-0.15, -0.1) is 0 Å². The number of carbonyl (C=O) groups excluding carboxylic acids is 2. The Bertz CT molecular complexity index is 820. The van der Waals surface area contributed by atoms with Gasteiger partial charge in [0.1, 0.15) is 12.2 Å². The molecule has 0 heterocycles. The average molecular weight is 406 g/mol. The molecule has 4 aliphatic rings. The molecule has 0 aromatic rings. The number of carbonyl (C=O) groups is 2. The van der Waals surface area contributed by atoms with E-state index in [1.807, 2.05) is 19.9 Å². The molecule has 0 aromatic carbocycles. The lowest BCUT2D eigenvalue weighted by molar-refractivity contribution is -0.215. The van der Waals surface area contributed by atoms with Crippen molar-refractivity contribution in [1.29, 1.82) is 0 Å². The number of fused-ring (bicyclic) bond motifs is 5. The molecule has 2 N–H and O–H groups in total. The van der Waals surface area contributed by atoms with Gasteiger partial charge >= 0.3 is 0 Å². The first-order chi connectivity index (χ1) is 13.5. The number of ether oxygens (including phenoxy) is 1. The van der Waals surface area contributed by atoms with Gasteiger partial charge in [-0.3, -0.25) is 9.59 Å². The standard InChI is InChI=1S/C23H31FO5/c1-13-9-17-16-6-5-14-10-15(25)7-8-20(14,2)22(16,24)18(26)11-21(17,3)23(13,28)19(27)12-29-4/h5,7-8,13,16-18,26,28H,6,9-12H2,1-4H3/t13-,16?,17?,18?,20?,21?,22?,23+/m1/s1. The van der Waals surface area contributed by atoms with Crippen LogP contribution in [0.1, 0.15) is 46.5 Å². The monoisotopic (exact) mass is 406 g/mol. The molecule has 5 nitrogen and oxygen atoms in total. The first-order valence-electron chi connectivity index (χ1n) is 10.5. The molecule has 6 heteroatoms. The predicted molar refractivity (Wildman–Crippen MR) is 105 cm³/mol. The third kappa shape index (κ3) is 2.31. The third-order valence-electron chi connectivity index (χ3n) is 8.89. The summed E-state index contributed by atoms with van der Waals surface area (Å²) in [6, 6.07) is 0. The maximum absolute atomic E-state index is 16.9. The van der Waals surface area contributed by atoms with Gasteiger partial charge in [-0.05, 0) is 44.1 Å². The van der Waals surface area contributed by atoms with E-state index < -0.39 is 39.9 Å². The van der Waals surface area contributed by atoms with Crippen molar-refractivity contribution >= 4 is 11.6 Å². The minimum atomic E-state index is -1.95. The number of methoxy groups -OCH3 is 1. The van der Waals surface area contributed by atoms with E-state index in [0.717, 1.165) is 5.57 Å². The van der Waals surface area contributed by atoms with Crippen molar-refractivity contribution in [3.8, 4) is 0 Å². The molecular weight excluding hydrogens is 375 g/mol. The fraction of sp³-hybridized carbons (Fsp3) is 0.739. The topological polar surface area (TPSA) is 83.8 Å². The Morgan fingerprint density at radius 3 is 2.69 bits per heavy atom. The lowest BCUT2D eigenvalue weighted by Crippen LogP contribution is -2.69. The first-order valence-corrected chi connectivity index (χ1v) is 10.5. The molecule has 0 aliphatic heterocycles. The lowest BCUT2D eigenvalue weighted by Gasteiger charge is -2.62. The molecule has 4 aliphatic carbocycles. The molecule has 0 amide bonds. The molecule has 29 heavy (non-hydrogen) atoms. The zero-order valence-corrected chi connectivity index (χ0v) is 17.6. The van der Waals surface area contributed by atoms with Gasteiger partial charge in [0.05, 0.1) is 6.10 Å². The van der Waals surface area contributed by atoms with E-state index in [9.17, 15) is 19.8 Å². The second kappa shape index (κ2) is 6.32.